The molecule has 3 nitrogen and oxygen atoms in total. The number of rotatable bonds is 5. The van der Waals surface area contributed by atoms with E-state index in [1.807, 2.05) is 12.1 Å². The van der Waals surface area contributed by atoms with Gasteiger partial charge in [0.15, 0.2) is 0 Å². The SMILES string of the molecule is COc1ccc(C)cc1NC(CN)c1cccc(C)c1. The number of nitrogens with two attached hydrogens (primary N) is 1. The number of hydrogen-bond acceptors (Lipinski definition) is 3. The highest BCUT2D eigenvalue weighted by atomic mass is 16.5. The predicted molar refractivity (Wildman–Crippen MR) is 84.3 cm³/mol. The first kappa shape index (κ1) is 14.4. The third-order valence-electron chi connectivity index (χ3n) is 3.36. The minimum absolute atomic E-state index is 0.0746. The lowest BCUT2D eigenvalue weighted by Crippen LogP contribution is -2.21. The Morgan fingerprint density at radius 3 is 2.50 bits per heavy atom. The molecule has 1 atom stereocenters. The lowest BCUT2D eigenvalue weighted by Gasteiger charge is -2.21. The monoisotopic (exact) mass is 270 g/mol. The standard InChI is InChI=1S/C17H22N2O/c1-12-5-4-6-14(9-12)16(11-18)19-15-10-13(2)7-8-17(15)20-3/h4-10,16,19H,11,18H2,1-3H3. The highest BCUT2D eigenvalue weighted by Gasteiger charge is 2.12. The molecule has 0 spiro atoms. The van der Waals surface area contributed by atoms with Crippen LogP contribution >= 0.6 is 0 Å². The first-order valence-corrected chi connectivity index (χ1v) is 6.82. The smallest absolute Gasteiger partial charge is 0.141 e. The topological polar surface area (TPSA) is 47.3 Å². The van der Waals surface area contributed by atoms with E-state index in [0.29, 0.717) is 6.54 Å². The number of ether oxygens (including phenoxy) is 1. The minimum atomic E-state index is 0.0746. The maximum absolute atomic E-state index is 5.93. The highest BCUT2D eigenvalue weighted by Crippen LogP contribution is 2.29. The highest BCUT2D eigenvalue weighted by molar-refractivity contribution is 5.59. The second kappa shape index (κ2) is 6.44. The van der Waals surface area contributed by atoms with Crippen molar-refractivity contribution in [2.75, 3.05) is 19.0 Å². The maximum atomic E-state index is 5.93. The Morgan fingerprint density at radius 2 is 1.85 bits per heavy atom. The van der Waals surface area contributed by atoms with Crippen LogP contribution in [0.2, 0.25) is 0 Å². The van der Waals surface area contributed by atoms with Gasteiger partial charge in [-0.05, 0) is 37.1 Å². The van der Waals surface area contributed by atoms with Crippen molar-refractivity contribution in [3.05, 3.63) is 59.2 Å². The second-order valence-electron chi connectivity index (χ2n) is 5.05. The quantitative estimate of drug-likeness (QED) is 0.875. The lowest BCUT2D eigenvalue weighted by atomic mass is 10.0. The molecule has 20 heavy (non-hydrogen) atoms. The third kappa shape index (κ3) is 3.31. The van der Waals surface area contributed by atoms with Crippen LogP contribution in [0.4, 0.5) is 5.69 Å². The number of aryl methyl sites for hydroxylation is 2. The van der Waals surface area contributed by atoms with E-state index >= 15 is 0 Å². The summed E-state index contributed by atoms with van der Waals surface area (Å²) in [5.41, 5.74) is 10.5. The van der Waals surface area contributed by atoms with E-state index in [9.17, 15) is 0 Å². The fraction of sp³-hybridized carbons (Fsp3) is 0.294. The molecule has 0 heterocycles. The molecule has 2 aromatic carbocycles. The molecule has 3 heteroatoms. The molecule has 0 aromatic heterocycles. The summed E-state index contributed by atoms with van der Waals surface area (Å²) >= 11 is 0. The van der Waals surface area contributed by atoms with Gasteiger partial charge in [0.05, 0.1) is 18.8 Å². The van der Waals surface area contributed by atoms with Gasteiger partial charge in [0.25, 0.3) is 0 Å². The van der Waals surface area contributed by atoms with Gasteiger partial charge in [-0.2, -0.15) is 0 Å². The molecule has 2 aromatic rings. The average molecular weight is 270 g/mol. The van der Waals surface area contributed by atoms with Gasteiger partial charge < -0.3 is 15.8 Å². The zero-order valence-corrected chi connectivity index (χ0v) is 12.3. The molecule has 106 valence electrons. The van der Waals surface area contributed by atoms with Crippen LogP contribution < -0.4 is 15.8 Å². The van der Waals surface area contributed by atoms with Crippen molar-refractivity contribution in [2.24, 2.45) is 5.73 Å². The van der Waals surface area contributed by atoms with Crippen LogP contribution in [0.1, 0.15) is 22.7 Å². The molecule has 0 saturated heterocycles. The molecule has 0 aliphatic carbocycles. The van der Waals surface area contributed by atoms with Crippen molar-refractivity contribution < 1.29 is 4.74 Å². The Kier molecular flexibility index (Phi) is 4.64. The average Bonchev–Trinajstić information content (AvgIpc) is 2.45. The summed E-state index contributed by atoms with van der Waals surface area (Å²) in [4.78, 5) is 0. The van der Waals surface area contributed by atoms with Gasteiger partial charge >= 0.3 is 0 Å². The van der Waals surface area contributed by atoms with E-state index in [1.54, 1.807) is 7.11 Å². The molecule has 0 bridgehead atoms. The summed E-state index contributed by atoms with van der Waals surface area (Å²) in [6.45, 7) is 4.68. The van der Waals surface area contributed by atoms with E-state index in [0.717, 1.165) is 11.4 Å². The van der Waals surface area contributed by atoms with Crippen LogP contribution in [0.5, 0.6) is 5.75 Å². The summed E-state index contributed by atoms with van der Waals surface area (Å²) in [5.74, 6) is 0.835. The van der Waals surface area contributed by atoms with E-state index < -0.39 is 0 Å². The van der Waals surface area contributed by atoms with Crippen molar-refractivity contribution in [1.82, 2.24) is 0 Å². The summed E-state index contributed by atoms with van der Waals surface area (Å²) in [6.07, 6.45) is 0. The van der Waals surface area contributed by atoms with Gasteiger partial charge in [0.1, 0.15) is 5.75 Å². The zero-order valence-electron chi connectivity index (χ0n) is 12.3. The minimum Gasteiger partial charge on any atom is -0.495 e. The molecular weight excluding hydrogens is 248 g/mol. The molecule has 0 saturated carbocycles. The lowest BCUT2D eigenvalue weighted by molar-refractivity contribution is 0.416. The van der Waals surface area contributed by atoms with Gasteiger partial charge in [-0.3, -0.25) is 0 Å². The van der Waals surface area contributed by atoms with Gasteiger partial charge in [-0.1, -0.05) is 35.9 Å². The fourth-order valence-corrected chi connectivity index (χ4v) is 2.29. The van der Waals surface area contributed by atoms with Crippen molar-refractivity contribution in [2.45, 2.75) is 19.9 Å². The molecule has 0 aliphatic heterocycles. The van der Waals surface area contributed by atoms with Crippen LogP contribution in [-0.2, 0) is 0 Å². The fourth-order valence-electron chi connectivity index (χ4n) is 2.29. The molecule has 0 radical (unpaired) electrons. The Bertz CT molecular complexity index is 581. The van der Waals surface area contributed by atoms with Crippen molar-refractivity contribution in [3.63, 3.8) is 0 Å². The zero-order chi connectivity index (χ0) is 14.5. The Balaban J connectivity index is 2.28. The second-order valence-corrected chi connectivity index (χ2v) is 5.05. The van der Waals surface area contributed by atoms with Crippen LogP contribution in [0.3, 0.4) is 0 Å². The summed E-state index contributed by atoms with van der Waals surface area (Å²) in [5, 5.41) is 3.48. The molecule has 0 aliphatic rings. The normalized spacial score (nSPS) is 12.0. The molecule has 0 amide bonds. The van der Waals surface area contributed by atoms with Gasteiger partial charge in [-0.25, -0.2) is 0 Å². The number of nitrogens with one attached hydrogen (secondary N) is 1. The summed E-state index contributed by atoms with van der Waals surface area (Å²) in [6, 6.07) is 14.6. The number of hydrogen-bond donors (Lipinski definition) is 2. The maximum Gasteiger partial charge on any atom is 0.141 e. The van der Waals surface area contributed by atoms with Crippen molar-refractivity contribution in [3.8, 4) is 5.75 Å². The molecular formula is C17H22N2O. The summed E-state index contributed by atoms with van der Waals surface area (Å²) in [7, 11) is 1.68. The van der Waals surface area contributed by atoms with Crippen molar-refractivity contribution >= 4 is 5.69 Å². The van der Waals surface area contributed by atoms with Crippen LogP contribution in [0.25, 0.3) is 0 Å². The van der Waals surface area contributed by atoms with Crippen LogP contribution in [0, 0.1) is 13.8 Å². The third-order valence-corrected chi connectivity index (χ3v) is 3.36. The Hall–Kier alpha value is -2.00. The van der Waals surface area contributed by atoms with Crippen LogP contribution in [-0.4, -0.2) is 13.7 Å². The Morgan fingerprint density at radius 1 is 1.10 bits per heavy atom. The summed E-state index contributed by atoms with van der Waals surface area (Å²) < 4.78 is 5.40. The molecule has 0 fully saturated rings. The predicted octanol–water partition coefficient (Wildman–Crippen LogP) is 3.42. The van der Waals surface area contributed by atoms with E-state index in [1.165, 1.54) is 16.7 Å². The largest absolute Gasteiger partial charge is 0.495 e. The number of methoxy groups -OCH3 is 1. The number of benzene rings is 2. The van der Waals surface area contributed by atoms with Gasteiger partial charge in [0.2, 0.25) is 0 Å². The number of anilines is 1. The first-order chi connectivity index (χ1) is 9.63. The molecule has 1 unspecified atom stereocenters. The van der Waals surface area contributed by atoms with Gasteiger partial charge in [0, 0.05) is 6.54 Å². The van der Waals surface area contributed by atoms with Crippen LogP contribution in [0.15, 0.2) is 42.5 Å². The molecule has 3 N–H and O–H groups in total. The van der Waals surface area contributed by atoms with E-state index in [4.69, 9.17) is 10.5 Å². The van der Waals surface area contributed by atoms with E-state index in [-0.39, 0.29) is 6.04 Å². The van der Waals surface area contributed by atoms with Crippen molar-refractivity contribution in [1.29, 1.82) is 0 Å². The Labute approximate surface area is 120 Å². The van der Waals surface area contributed by atoms with E-state index in [2.05, 4.69) is 49.5 Å². The first-order valence-electron chi connectivity index (χ1n) is 6.82. The molecule has 2 rings (SSSR count). The van der Waals surface area contributed by atoms with Gasteiger partial charge in [-0.15, -0.1) is 0 Å².